The van der Waals surface area contributed by atoms with Crippen LogP contribution in [0.3, 0.4) is 0 Å². The van der Waals surface area contributed by atoms with Gasteiger partial charge in [0.1, 0.15) is 0 Å². The van der Waals surface area contributed by atoms with Crippen LogP contribution in [0.5, 0.6) is 0 Å². The molecule has 0 aromatic rings. The monoisotopic (exact) mass is 339 g/mol. The molecular weight excluding hydrogens is 292 g/mol. The van der Waals surface area contributed by atoms with Gasteiger partial charge in [0.2, 0.25) is 0 Å². The van der Waals surface area contributed by atoms with Crippen molar-refractivity contribution in [3.8, 4) is 0 Å². The van der Waals surface area contributed by atoms with Gasteiger partial charge in [0.05, 0.1) is 5.60 Å². The molecule has 24 heavy (non-hydrogen) atoms. The van der Waals surface area contributed by atoms with E-state index >= 15 is 0 Å². The molecule has 0 bridgehead atoms. The smallest absolute Gasteiger partial charge is 0.0626 e. The Morgan fingerprint density at radius 3 is 1.25 bits per heavy atom. The molecular formula is C23H47O. The van der Waals surface area contributed by atoms with Gasteiger partial charge in [0.25, 0.3) is 0 Å². The molecule has 145 valence electrons. The van der Waals surface area contributed by atoms with E-state index in [1.807, 2.05) is 0 Å². The van der Waals surface area contributed by atoms with Crippen molar-refractivity contribution in [1.82, 2.24) is 0 Å². The van der Waals surface area contributed by atoms with E-state index in [0.717, 1.165) is 13.0 Å². The Hall–Kier alpha value is -0.0400. The van der Waals surface area contributed by atoms with Crippen LogP contribution in [0.2, 0.25) is 0 Å². The van der Waals surface area contributed by atoms with Crippen LogP contribution in [0.15, 0.2) is 0 Å². The van der Waals surface area contributed by atoms with Crippen molar-refractivity contribution >= 4 is 0 Å². The van der Waals surface area contributed by atoms with Gasteiger partial charge in [0, 0.05) is 6.61 Å². The second-order valence-corrected chi connectivity index (χ2v) is 8.16. The van der Waals surface area contributed by atoms with E-state index in [0.29, 0.717) is 0 Å². The number of hydrogen-bond donors (Lipinski definition) is 0. The maximum atomic E-state index is 5.84. The van der Waals surface area contributed by atoms with Gasteiger partial charge in [-0.2, -0.15) is 0 Å². The lowest BCUT2D eigenvalue weighted by atomic mass is 10.0. The summed E-state index contributed by atoms with van der Waals surface area (Å²) in [5, 5.41) is 0. The van der Waals surface area contributed by atoms with E-state index in [4.69, 9.17) is 4.74 Å². The highest BCUT2D eigenvalue weighted by Gasteiger charge is 2.14. The Morgan fingerprint density at radius 2 is 0.917 bits per heavy atom. The van der Waals surface area contributed by atoms with Crippen LogP contribution in [0, 0.1) is 6.92 Å². The summed E-state index contributed by atoms with van der Waals surface area (Å²) in [4.78, 5) is 0. The molecule has 1 nitrogen and oxygen atoms in total. The molecule has 0 amide bonds. The Balaban J connectivity index is 3.05. The quantitative estimate of drug-likeness (QED) is 0.215. The lowest BCUT2D eigenvalue weighted by Crippen LogP contribution is -2.23. The van der Waals surface area contributed by atoms with Crippen molar-refractivity contribution < 1.29 is 4.74 Å². The minimum absolute atomic E-state index is 0.0322. The first kappa shape index (κ1) is 24.0. The maximum absolute atomic E-state index is 5.84. The summed E-state index contributed by atoms with van der Waals surface area (Å²) in [6.45, 7) is 11.4. The van der Waals surface area contributed by atoms with Crippen molar-refractivity contribution in [2.75, 3.05) is 6.61 Å². The van der Waals surface area contributed by atoms with E-state index in [1.54, 1.807) is 0 Å². The van der Waals surface area contributed by atoms with E-state index in [9.17, 15) is 0 Å². The summed E-state index contributed by atoms with van der Waals surface area (Å²) >= 11 is 0. The molecule has 0 aliphatic rings. The Bertz CT molecular complexity index is 234. The third-order valence-electron chi connectivity index (χ3n) is 5.09. The lowest BCUT2D eigenvalue weighted by molar-refractivity contribution is -0.0173. The maximum Gasteiger partial charge on any atom is 0.0626 e. The molecule has 0 heterocycles. The van der Waals surface area contributed by atoms with Crippen LogP contribution in [-0.4, -0.2) is 12.2 Å². The Labute approximate surface area is 154 Å². The van der Waals surface area contributed by atoms with Crippen molar-refractivity contribution in [2.45, 2.75) is 136 Å². The predicted octanol–water partition coefficient (Wildman–Crippen LogP) is 8.27. The fourth-order valence-electron chi connectivity index (χ4n) is 3.07. The highest BCUT2D eigenvalue weighted by molar-refractivity contribution is 4.69. The van der Waals surface area contributed by atoms with Gasteiger partial charge in [-0.05, 0) is 26.7 Å². The molecule has 0 rings (SSSR count). The number of ether oxygens (including phenoxy) is 1. The van der Waals surface area contributed by atoms with Crippen molar-refractivity contribution in [2.24, 2.45) is 0 Å². The van der Waals surface area contributed by atoms with Gasteiger partial charge in [-0.15, -0.1) is 0 Å². The molecule has 1 heteroatoms. The third kappa shape index (κ3) is 18.3. The summed E-state index contributed by atoms with van der Waals surface area (Å²) in [6, 6.07) is 0. The van der Waals surface area contributed by atoms with Gasteiger partial charge in [0.15, 0.2) is 0 Å². The summed E-state index contributed by atoms with van der Waals surface area (Å²) in [6.07, 6.45) is 23.6. The van der Waals surface area contributed by atoms with E-state index in [2.05, 4.69) is 27.7 Å². The summed E-state index contributed by atoms with van der Waals surface area (Å²) in [5.41, 5.74) is -0.0322. The molecule has 0 saturated carbocycles. The average molecular weight is 340 g/mol. The summed E-state index contributed by atoms with van der Waals surface area (Å²) < 4.78 is 5.84. The second kappa shape index (κ2) is 17.8. The van der Waals surface area contributed by atoms with E-state index in [-0.39, 0.29) is 5.60 Å². The molecule has 0 atom stereocenters. The second-order valence-electron chi connectivity index (χ2n) is 8.16. The highest BCUT2D eigenvalue weighted by Crippen LogP contribution is 2.16. The first-order valence-corrected chi connectivity index (χ1v) is 11.1. The molecule has 0 aromatic heterocycles. The van der Waals surface area contributed by atoms with Gasteiger partial charge in [-0.1, -0.05) is 110 Å². The fraction of sp³-hybridized carbons (Fsp3) is 0.957. The van der Waals surface area contributed by atoms with E-state index < -0.39 is 0 Å². The minimum Gasteiger partial charge on any atom is -0.376 e. The first-order valence-electron chi connectivity index (χ1n) is 11.1. The Kier molecular flexibility index (Phi) is 17.7. The van der Waals surface area contributed by atoms with Crippen LogP contribution in [0.4, 0.5) is 0 Å². The van der Waals surface area contributed by atoms with Crippen molar-refractivity contribution in [3.63, 3.8) is 0 Å². The SMILES string of the molecule is [CH2]CC(C)(C)OCCCCCCCCCCCCCCCCCC. The fourth-order valence-corrected chi connectivity index (χ4v) is 3.07. The molecule has 0 unspecified atom stereocenters. The van der Waals surface area contributed by atoms with Crippen LogP contribution in [0.25, 0.3) is 0 Å². The number of hydrogen-bond acceptors (Lipinski definition) is 1. The van der Waals surface area contributed by atoms with Crippen LogP contribution in [0.1, 0.15) is 130 Å². The van der Waals surface area contributed by atoms with Crippen LogP contribution in [-0.2, 0) is 4.74 Å². The highest BCUT2D eigenvalue weighted by atomic mass is 16.5. The topological polar surface area (TPSA) is 9.23 Å². The number of rotatable bonds is 19. The third-order valence-corrected chi connectivity index (χ3v) is 5.09. The predicted molar refractivity (Wildman–Crippen MR) is 110 cm³/mol. The van der Waals surface area contributed by atoms with Crippen LogP contribution < -0.4 is 0 Å². The zero-order chi connectivity index (χ0) is 17.9. The van der Waals surface area contributed by atoms with Gasteiger partial charge in [-0.25, -0.2) is 0 Å². The molecule has 0 aromatic carbocycles. The standard InChI is InChI=1S/C23H47O/c1-5-7-8-9-10-11-12-13-14-15-16-17-18-19-20-21-22-24-23(3,4)6-2/h2,5-22H2,1,3-4H3. The van der Waals surface area contributed by atoms with Crippen molar-refractivity contribution in [1.29, 1.82) is 0 Å². The zero-order valence-electron chi connectivity index (χ0n) is 17.3. The number of unbranched alkanes of at least 4 members (excludes halogenated alkanes) is 15. The van der Waals surface area contributed by atoms with Crippen molar-refractivity contribution in [3.05, 3.63) is 6.92 Å². The molecule has 0 aliphatic carbocycles. The summed E-state index contributed by atoms with van der Waals surface area (Å²) in [7, 11) is 0. The normalized spacial score (nSPS) is 12.0. The minimum atomic E-state index is -0.0322. The molecule has 0 saturated heterocycles. The van der Waals surface area contributed by atoms with Gasteiger partial charge < -0.3 is 4.74 Å². The average Bonchev–Trinajstić information content (AvgIpc) is 2.57. The lowest BCUT2D eigenvalue weighted by Gasteiger charge is -2.23. The molecule has 0 N–H and O–H groups in total. The zero-order valence-corrected chi connectivity index (χ0v) is 17.3. The van der Waals surface area contributed by atoms with Gasteiger partial charge >= 0.3 is 0 Å². The Morgan fingerprint density at radius 1 is 0.583 bits per heavy atom. The molecule has 0 spiro atoms. The first-order chi connectivity index (χ1) is 11.6. The molecule has 0 fully saturated rings. The van der Waals surface area contributed by atoms with Gasteiger partial charge in [-0.3, -0.25) is 0 Å². The largest absolute Gasteiger partial charge is 0.376 e. The van der Waals surface area contributed by atoms with E-state index in [1.165, 1.54) is 103 Å². The molecule has 1 radical (unpaired) electrons. The van der Waals surface area contributed by atoms with Crippen LogP contribution >= 0.6 is 0 Å². The molecule has 0 aliphatic heterocycles. The summed E-state index contributed by atoms with van der Waals surface area (Å²) in [5.74, 6) is 0.